The van der Waals surface area contributed by atoms with Gasteiger partial charge in [0, 0.05) is 32.0 Å². The SMILES string of the molecule is CCN(Cc1ccncc1)Cc1ccccc1CNC. The smallest absolute Gasteiger partial charge is 0.0271 e. The minimum Gasteiger partial charge on any atom is -0.316 e. The molecule has 1 heterocycles. The van der Waals surface area contributed by atoms with Crippen molar-refractivity contribution in [3.8, 4) is 0 Å². The number of nitrogens with zero attached hydrogens (tertiary/aromatic N) is 2. The molecule has 0 amide bonds. The summed E-state index contributed by atoms with van der Waals surface area (Å²) in [5.74, 6) is 0. The Bertz CT molecular complexity index is 511. The van der Waals surface area contributed by atoms with Crippen molar-refractivity contribution in [3.63, 3.8) is 0 Å². The van der Waals surface area contributed by atoms with E-state index in [0.717, 1.165) is 26.2 Å². The van der Waals surface area contributed by atoms with Crippen molar-refractivity contribution < 1.29 is 0 Å². The van der Waals surface area contributed by atoms with Crippen molar-refractivity contribution in [2.24, 2.45) is 0 Å². The first-order valence-electron chi connectivity index (χ1n) is 7.16. The highest BCUT2D eigenvalue weighted by atomic mass is 15.1. The fourth-order valence-electron chi connectivity index (χ4n) is 2.34. The van der Waals surface area contributed by atoms with Crippen LogP contribution in [-0.2, 0) is 19.6 Å². The molecule has 0 saturated heterocycles. The molecule has 0 aliphatic rings. The zero-order valence-electron chi connectivity index (χ0n) is 12.3. The highest BCUT2D eigenvalue weighted by Gasteiger charge is 2.07. The molecule has 0 bridgehead atoms. The lowest BCUT2D eigenvalue weighted by atomic mass is 10.1. The van der Waals surface area contributed by atoms with Crippen molar-refractivity contribution >= 4 is 0 Å². The highest BCUT2D eigenvalue weighted by molar-refractivity contribution is 5.27. The second-order valence-corrected chi connectivity index (χ2v) is 4.96. The molecule has 0 unspecified atom stereocenters. The number of benzene rings is 1. The van der Waals surface area contributed by atoms with Crippen LogP contribution in [0, 0.1) is 0 Å². The molecule has 0 aliphatic carbocycles. The zero-order valence-corrected chi connectivity index (χ0v) is 12.3. The maximum atomic E-state index is 4.07. The van der Waals surface area contributed by atoms with Crippen LogP contribution in [-0.4, -0.2) is 23.5 Å². The van der Waals surface area contributed by atoms with Crippen molar-refractivity contribution in [2.45, 2.75) is 26.6 Å². The molecule has 3 heteroatoms. The minimum absolute atomic E-state index is 0.920. The number of aromatic nitrogens is 1. The highest BCUT2D eigenvalue weighted by Crippen LogP contribution is 2.13. The van der Waals surface area contributed by atoms with E-state index in [0.29, 0.717) is 0 Å². The Labute approximate surface area is 121 Å². The molecule has 20 heavy (non-hydrogen) atoms. The first-order valence-corrected chi connectivity index (χ1v) is 7.16. The standard InChI is InChI=1S/C17H23N3/c1-3-20(13-15-8-10-19-11-9-15)14-17-7-5-4-6-16(17)12-18-2/h4-11,18H,3,12-14H2,1-2H3. The van der Waals surface area contributed by atoms with Gasteiger partial charge in [0.2, 0.25) is 0 Å². The van der Waals surface area contributed by atoms with Crippen molar-refractivity contribution in [1.29, 1.82) is 0 Å². The lowest BCUT2D eigenvalue weighted by Crippen LogP contribution is -2.23. The fourth-order valence-corrected chi connectivity index (χ4v) is 2.34. The van der Waals surface area contributed by atoms with Crippen LogP contribution in [0.15, 0.2) is 48.8 Å². The Kier molecular flexibility index (Phi) is 5.71. The van der Waals surface area contributed by atoms with Gasteiger partial charge in [-0.15, -0.1) is 0 Å². The van der Waals surface area contributed by atoms with Gasteiger partial charge in [-0.05, 0) is 42.4 Å². The zero-order chi connectivity index (χ0) is 14.2. The fraction of sp³-hybridized carbons (Fsp3) is 0.353. The molecule has 1 aromatic heterocycles. The van der Waals surface area contributed by atoms with Crippen LogP contribution in [0.5, 0.6) is 0 Å². The lowest BCUT2D eigenvalue weighted by Gasteiger charge is -2.22. The third-order valence-corrected chi connectivity index (χ3v) is 3.48. The van der Waals surface area contributed by atoms with Crippen LogP contribution in [0.2, 0.25) is 0 Å². The molecule has 0 atom stereocenters. The van der Waals surface area contributed by atoms with Crippen LogP contribution in [0.1, 0.15) is 23.6 Å². The first-order chi connectivity index (χ1) is 9.83. The molecule has 1 aromatic carbocycles. The van der Waals surface area contributed by atoms with E-state index in [9.17, 15) is 0 Å². The van der Waals surface area contributed by atoms with Gasteiger partial charge in [0.25, 0.3) is 0 Å². The lowest BCUT2D eigenvalue weighted by molar-refractivity contribution is 0.270. The van der Waals surface area contributed by atoms with E-state index in [1.54, 1.807) is 0 Å². The molecule has 106 valence electrons. The first kappa shape index (κ1) is 14.7. The average molecular weight is 269 g/mol. The van der Waals surface area contributed by atoms with Gasteiger partial charge < -0.3 is 5.32 Å². The largest absolute Gasteiger partial charge is 0.316 e. The number of nitrogens with one attached hydrogen (secondary N) is 1. The van der Waals surface area contributed by atoms with Crippen LogP contribution >= 0.6 is 0 Å². The number of pyridine rings is 1. The third-order valence-electron chi connectivity index (χ3n) is 3.48. The predicted octanol–water partition coefficient (Wildman–Crippen LogP) is 2.82. The maximum absolute atomic E-state index is 4.07. The van der Waals surface area contributed by atoms with Crippen molar-refractivity contribution in [3.05, 3.63) is 65.5 Å². The van der Waals surface area contributed by atoms with Gasteiger partial charge in [-0.1, -0.05) is 31.2 Å². The quantitative estimate of drug-likeness (QED) is 0.838. The number of hydrogen-bond donors (Lipinski definition) is 1. The molecular weight excluding hydrogens is 246 g/mol. The summed E-state index contributed by atoms with van der Waals surface area (Å²) >= 11 is 0. The van der Waals surface area contributed by atoms with Crippen LogP contribution < -0.4 is 5.32 Å². The maximum Gasteiger partial charge on any atom is 0.0271 e. The third kappa shape index (κ3) is 4.15. The van der Waals surface area contributed by atoms with E-state index in [-0.39, 0.29) is 0 Å². The summed E-state index contributed by atoms with van der Waals surface area (Å²) in [6.07, 6.45) is 3.72. The summed E-state index contributed by atoms with van der Waals surface area (Å²) in [5.41, 5.74) is 4.09. The summed E-state index contributed by atoms with van der Waals surface area (Å²) in [4.78, 5) is 6.52. The van der Waals surface area contributed by atoms with Gasteiger partial charge in [0.1, 0.15) is 0 Å². The molecule has 0 spiro atoms. The van der Waals surface area contributed by atoms with E-state index >= 15 is 0 Å². The Morgan fingerprint density at radius 3 is 2.35 bits per heavy atom. The second-order valence-electron chi connectivity index (χ2n) is 4.96. The van der Waals surface area contributed by atoms with E-state index in [4.69, 9.17) is 0 Å². The summed E-state index contributed by atoms with van der Waals surface area (Å²) in [7, 11) is 1.99. The van der Waals surface area contributed by atoms with Crippen LogP contribution in [0.4, 0.5) is 0 Å². The summed E-state index contributed by atoms with van der Waals surface area (Å²) in [6, 6.07) is 12.8. The Balaban J connectivity index is 2.06. The summed E-state index contributed by atoms with van der Waals surface area (Å²) in [5, 5.41) is 3.24. The topological polar surface area (TPSA) is 28.2 Å². The van der Waals surface area contributed by atoms with Gasteiger partial charge in [-0.2, -0.15) is 0 Å². The predicted molar refractivity (Wildman–Crippen MR) is 83.2 cm³/mol. The van der Waals surface area contributed by atoms with E-state index in [1.165, 1.54) is 16.7 Å². The minimum atomic E-state index is 0.920. The molecule has 0 fully saturated rings. The molecular formula is C17H23N3. The van der Waals surface area contributed by atoms with Crippen LogP contribution in [0.3, 0.4) is 0 Å². The monoisotopic (exact) mass is 269 g/mol. The Hall–Kier alpha value is -1.71. The normalized spacial score (nSPS) is 10.9. The molecule has 2 rings (SSSR count). The van der Waals surface area contributed by atoms with Gasteiger partial charge in [0.15, 0.2) is 0 Å². The van der Waals surface area contributed by atoms with Gasteiger partial charge in [0.05, 0.1) is 0 Å². The number of rotatable bonds is 7. The Morgan fingerprint density at radius 2 is 1.70 bits per heavy atom. The van der Waals surface area contributed by atoms with Gasteiger partial charge in [-0.25, -0.2) is 0 Å². The molecule has 1 N–H and O–H groups in total. The van der Waals surface area contributed by atoms with Crippen LogP contribution in [0.25, 0.3) is 0 Å². The van der Waals surface area contributed by atoms with E-state index in [2.05, 4.69) is 58.5 Å². The molecule has 2 aromatic rings. The molecule has 0 radical (unpaired) electrons. The van der Waals surface area contributed by atoms with Crippen molar-refractivity contribution in [1.82, 2.24) is 15.2 Å². The van der Waals surface area contributed by atoms with E-state index < -0.39 is 0 Å². The molecule has 3 nitrogen and oxygen atoms in total. The second kappa shape index (κ2) is 7.78. The summed E-state index contributed by atoms with van der Waals surface area (Å²) < 4.78 is 0. The van der Waals surface area contributed by atoms with Gasteiger partial charge in [-0.3, -0.25) is 9.88 Å². The van der Waals surface area contributed by atoms with E-state index in [1.807, 2.05) is 19.4 Å². The average Bonchev–Trinajstić information content (AvgIpc) is 2.50. The molecule has 0 aliphatic heterocycles. The van der Waals surface area contributed by atoms with Crippen molar-refractivity contribution in [2.75, 3.05) is 13.6 Å². The molecule has 0 saturated carbocycles. The Morgan fingerprint density at radius 1 is 1.00 bits per heavy atom. The van der Waals surface area contributed by atoms with Gasteiger partial charge >= 0.3 is 0 Å². The summed E-state index contributed by atoms with van der Waals surface area (Å²) in [6.45, 7) is 6.12. The number of hydrogen-bond acceptors (Lipinski definition) is 3.